The highest BCUT2D eigenvalue weighted by molar-refractivity contribution is 7.98. The van der Waals surface area contributed by atoms with Crippen LogP contribution in [0.25, 0.3) is 16.7 Å². The standard InChI is InChI=1S/C17H13N5O3S/c1-10(23)19-12-3-4-13-11(7-15(24)25-14(13)8-12)9-26-17-20-16-18-5-2-6-22(16)21-17/h2-8H,9H2,1H3,(H,19,23). The van der Waals surface area contributed by atoms with E-state index in [1.165, 1.54) is 24.8 Å². The first-order valence-electron chi connectivity index (χ1n) is 7.73. The number of rotatable bonds is 4. The highest BCUT2D eigenvalue weighted by Gasteiger charge is 2.10. The number of anilines is 1. The van der Waals surface area contributed by atoms with E-state index >= 15 is 0 Å². The van der Waals surface area contributed by atoms with Crippen molar-refractivity contribution >= 4 is 40.1 Å². The van der Waals surface area contributed by atoms with Gasteiger partial charge in [0, 0.05) is 48.3 Å². The van der Waals surface area contributed by atoms with Gasteiger partial charge < -0.3 is 9.73 Å². The Morgan fingerprint density at radius 1 is 1.35 bits per heavy atom. The molecule has 1 aromatic carbocycles. The number of thioether (sulfide) groups is 1. The average Bonchev–Trinajstić information content (AvgIpc) is 3.01. The molecule has 8 nitrogen and oxygen atoms in total. The molecule has 4 aromatic rings. The molecule has 0 aliphatic rings. The van der Waals surface area contributed by atoms with Gasteiger partial charge in [0.2, 0.25) is 11.1 Å². The summed E-state index contributed by atoms with van der Waals surface area (Å²) in [4.78, 5) is 31.5. The summed E-state index contributed by atoms with van der Waals surface area (Å²) in [6, 6.07) is 8.46. The van der Waals surface area contributed by atoms with Gasteiger partial charge in [0.25, 0.3) is 5.78 Å². The summed E-state index contributed by atoms with van der Waals surface area (Å²) in [5.74, 6) is 0.829. The van der Waals surface area contributed by atoms with Crippen LogP contribution in [-0.2, 0) is 10.5 Å². The summed E-state index contributed by atoms with van der Waals surface area (Å²) in [5, 5.41) is 8.38. The summed E-state index contributed by atoms with van der Waals surface area (Å²) in [7, 11) is 0. The number of carbonyl (C=O) groups excluding carboxylic acids is 1. The first-order valence-corrected chi connectivity index (χ1v) is 8.71. The lowest BCUT2D eigenvalue weighted by Crippen LogP contribution is -2.06. The number of nitrogens with one attached hydrogen (secondary N) is 1. The molecule has 0 atom stereocenters. The SMILES string of the molecule is CC(=O)Nc1ccc2c(CSc3nc4ncccn4n3)cc(=O)oc2c1. The number of fused-ring (bicyclic) bond motifs is 2. The number of hydrogen-bond acceptors (Lipinski definition) is 7. The number of aromatic nitrogens is 4. The van der Waals surface area contributed by atoms with Gasteiger partial charge in [-0.15, -0.1) is 5.10 Å². The van der Waals surface area contributed by atoms with E-state index in [0.717, 1.165) is 10.9 Å². The Labute approximate surface area is 151 Å². The van der Waals surface area contributed by atoms with Crippen LogP contribution < -0.4 is 10.9 Å². The molecular weight excluding hydrogens is 354 g/mol. The summed E-state index contributed by atoms with van der Waals surface area (Å²) in [6.07, 6.45) is 3.43. The van der Waals surface area contributed by atoms with Crippen molar-refractivity contribution in [2.75, 3.05) is 5.32 Å². The predicted octanol–water partition coefficient (Wildman–Crippen LogP) is 2.48. The van der Waals surface area contributed by atoms with Crippen LogP contribution in [0.3, 0.4) is 0 Å². The molecule has 3 aromatic heterocycles. The lowest BCUT2D eigenvalue weighted by Gasteiger charge is -2.06. The van der Waals surface area contributed by atoms with Gasteiger partial charge in [0.1, 0.15) is 5.58 Å². The summed E-state index contributed by atoms with van der Waals surface area (Å²) in [6.45, 7) is 1.42. The number of nitrogens with zero attached hydrogens (tertiary/aromatic N) is 4. The Bertz CT molecular complexity index is 1150. The summed E-state index contributed by atoms with van der Waals surface area (Å²) in [5.41, 5.74) is 1.36. The zero-order valence-electron chi connectivity index (χ0n) is 13.7. The fourth-order valence-electron chi connectivity index (χ4n) is 2.55. The zero-order valence-corrected chi connectivity index (χ0v) is 14.5. The number of amides is 1. The molecule has 1 amide bonds. The minimum atomic E-state index is -0.447. The number of carbonyl (C=O) groups is 1. The minimum Gasteiger partial charge on any atom is -0.423 e. The van der Waals surface area contributed by atoms with Crippen molar-refractivity contribution in [1.29, 1.82) is 0 Å². The molecule has 0 saturated heterocycles. The molecule has 0 unspecified atom stereocenters. The monoisotopic (exact) mass is 367 g/mol. The fraction of sp³-hybridized carbons (Fsp3) is 0.118. The summed E-state index contributed by atoms with van der Waals surface area (Å²) >= 11 is 1.40. The van der Waals surface area contributed by atoms with Crippen LogP contribution in [0.4, 0.5) is 5.69 Å². The van der Waals surface area contributed by atoms with Crippen molar-refractivity contribution in [1.82, 2.24) is 19.6 Å². The maximum absolute atomic E-state index is 11.9. The average molecular weight is 367 g/mol. The van der Waals surface area contributed by atoms with E-state index in [4.69, 9.17) is 4.42 Å². The van der Waals surface area contributed by atoms with Gasteiger partial charge in [-0.2, -0.15) is 4.98 Å². The quantitative estimate of drug-likeness (QED) is 0.437. The zero-order chi connectivity index (χ0) is 18.1. The molecule has 1 N–H and O–H groups in total. The predicted molar refractivity (Wildman–Crippen MR) is 97.1 cm³/mol. The normalized spacial score (nSPS) is 11.1. The molecule has 3 heterocycles. The Balaban J connectivity index is 1.64. The van der Waals surface area contributed by atoms with Crippen molar-refractivity contribution in [2.45, 2.75) is 17.8 Å². The van der Waals surface area contributed by atoms with Crippen molar-refractivity contribution < 1.29 is 9.21 Å². The third-order valence-corrected chi connectivity index (χ3v) is 4.49. The molecule has 0 saturated carbocycles. The molecule has 4 rings (SSSR count). The largest absolute Gasteiger partial charge is 0.423 e. The maximum atomic E-state index is 11.9. The maximum Gasteiger partial charge on any atom is 0.336 e. The van der Waals surface area contributed by atoms with Crippen LogP contribution in [0.15, 0.2) is 57.1 Å². The lowest BCUT2D eigenvalue weighted by molar-refractivity contribution is -0.114. The first-order chi connectivity index (χ1) is 12.6. The highest BCUT2D eigenvalue weighted by atomic mass is 32.2. The molecule has 0 aliphatic heterocycles. The Kier molecular flexibility index (Phi) is 4.13. The second-order valence-electron chi connectivity index (χ2n) is 5.53. The van der Waals surface area contributed by atoms with E-state index in [0.29, 0.717) is 28.0 Å². The molecule has 0 radical (unpaired) electrons. The van der Waals surface area contributed by atoms with Crippen LogP contribution in [0.5, 0.6) is 0 Å². The minimum absolute atomic E-state index is 0.190. The van der Waals surface area contributed by atoms with Gasteiger partial charge in [0.15, 0.2) is 0 Å². The van der Waals surface area contributed by atoms with Crippen LogP contribution in [0, 0.1) is 0 Å². The molecule has 26 heavy (non-hydrogen) atoms. The van der Waals surface area contributed by atoms with Crippen molar-refractivity contribution in [3.63, 3.8) is 0 Å². The van der Waals surface area contributed by atoms with Gasteiger partial charge in [-0.25, -0.2) is 14.3 Å². The highest BCUT2D eigenvalue weighted by Crippen LogP contribution is 2.26. The van der Waals surface area contributed by atoms with E-state index < -0.39 is 5.63 Å². The Hall–Kier alpha value is -3.20. The fourth-order valence-corrected chi connectivity index (χ4v) is 3.36. The van der Waals surface area contributed by atoms with Gasteiger partial charge >= 0.3 is 5.63 Å². The molecule has 0 fully saturated rings. The molecular formula is C17H13N5O3S. The first kappa shape index (κ1) is 16.3. The van der Waals surface area contributed by atoms with E-state index in [1.807, 2.05) is 6.07 Å². The van der Waals surface area contributed by atoms with E-state index in [1.54, 1.807) is 35.1 Å². The molecule has 9 heteroatoms. The van der Waals surface area contributed by atoms with Crippen LogP contribution >= 0.6 is 11.8 Å². The second-order valence-corrected chi connectivity index (χ2v) is 6.47. The molecule has 0 spiro atoms. The van der Waals surface area contributed by atoms with Gasteiger partial charge in [0.05, 0.1) is 0 Å². The topological polar surface area (TPSA) is 102 Å². The van der Waals surface area contributed by atoms with Gasteiger partial charge in [-0.1, -0.05) is 11.8 Å². The Morgan fingerprint density at radius 2 is 2.23 bits per heavy atom. The molecule has 0 aliphatic carbocycles. The smallest absolute Gasteiger partial charge is 0.336 e. The van der Waals surface area contributed by atoms with Gasteiger partial charge in [-0.3, -0.25) is 4.79 Å². The van der Waals surface area contributed by atoms with E-state index in [2.05, 4.69) is 20.4 Å². The Morgan fingerprint density at radius 3 is 3.04 bits per heavy atom. The van der Waals surface area contributed by atoms with Crippen molar-refractivity contribution in [3.8, 4) is 0 Å². The molecule has 0 bridgehead atoms. The van der Waals surface area contributed by atoms with Crippen molar-refractivity contribution in [3.05, 3.63) is 58.7 Å². The van der Waals surface area contributed by atoms with Gasteiger partial charge in [-0.05, 0) is 23.8 Å². The third kappa shape index (κ3) is 3.29. The second kappa shape index (κ2) is 6.60. The number of benzene rings is 1. The van der Waals surface area contributed by atoms with E-state index in [-0.39, 0.29) is 5.91 Å². The molecule has 130 valence electrons. The van der Waals surface area contributed by atoms with Crippen molar-refractivity contribution in [2.24, 2.45) is 0 Å². The number of hydrogen-bond donors (Lipinski definition) is 1. The van der Waals surface area contributed by atoms with Crippen LogP contribution in [0.2, 0.25) is 0 Å². The lowest BCUT2D eigenvalue weighted by atomic mass is 10.1. The summed E-state index contributed by atoms with van der Waals surface area (Å²) < 4.78 is 6.86. The van der Waals surface area contributed by atoms with Crippen LogP contribution in [-0.4, -0.2) is 25.5 Å². The third-order valence-electron chi connectivity index (χ3n) is 3.60. The van der Waals surface area contributed by atoms with Crippen LogP contribution in [0.1, 0.15) is 12.5 Å². The van der Waals surface area contributed by atoms with E-state index in [9.17, 15) is 9.59 Å².